The molecule has 2 aromatic rings. The molecular formula is C13H14N6. The van der Waals surface area contributed by atoms with E-state index in [0.29, 0.717) is 19.5 Å². The first-order valence-corrected chi connectivity index (χ1v) is 5.99. The van der Waals surface area contributed by atoms with Crippen molar-refractivity contribution < 1.29 is 0 Å². The summed E-state index contributed by atoms with van der Waals surface area (Å²) in [6.45, 7) is 1.06. The second-order valence-electron chi connectivity index (χ2n) is 3.89. The lowest BCUT2D eigenvalue weighted by Crippen LogP contribution is -2.04. The summed E-state index contributed by atoms with van der Waals surface area (Å²) >= 11 is 0. The third kappa shape index (κ3) is 4.29. The van der Waals surface area contributed by atoms with Crippen molar-refractivity contribution in [2.45, 2.75) is 13.0 Å². The number of hydrogen-bond acceptors (Lipinski definition) is 4. The largest absolute Gasteiger partial charge is 0.364 e. The molecule has 0 spiro atoms. The summed E-state index contributed by atoms with van der Waals surface area (Å²) in [6.07, 6.45) is 2.41. The Balaban J connectivity index is 1.93. The van der Waals surface area contributed by atoms with Gasteiger partial charge in [-0.25, -0.2) is 4.98 Å². The van der Waals surface area contributed by atoms with Gasteiger partial charge in [-0.1, -0.05) is 17.2 Å². The highest BCUT2D eigenvalue weighted by Crippen LogP contribution is 2.07. The summed E-state index contributed by atoms with van der Waals surface area (Å²) in [5.74, 6) is 0.795. The van der Waals surface area contributed by atoms with E-state index < -0.39 is 0 Å². The SMILES string of the molecule is [N-]=[N+]=NCCc1cccc(NCc2ccccn2)n1. The van der Waals surface area contributed by atoms with Gasteiger partial charge in [0.05, 0.1) is 12.2 Å². The van der Waals surface area contributed by atoms with Crippen LogP contribution in [0.25, 0.3) is 10.4 Å². The van der Waals surface area contributed by atoms with Crippen LogP contribution < -0.4 is 5.32 Å². The fourth-order valence-corrected chi connectivity index (χ4v) is 1.61. The first kappa shape index (κ1) is 12.9. The summed E-state index contributed by atoms with van der Waals surface area (Å²) in [4.78, 5) is 11.4. The van der Waals surface area contributed by atoms with Crippen LogP contribution in [0.1, 0.15) is 11.4 Å². The van der Waals surface area contributed by atoms with Crippen LogP contribution in [-0.2, 0) is 13.0 Å². The molecule has 2 rings (SSSR count). The van der Waals surface area contributed by atoms with Gasteiger partial charge in [-0.2, -0.15) is 0 Å². The molecule has 96 valence electrons. The second-order valence-corrected chi connectivity index (χ2v) is 3.89. The minimum atomic E-state index is 0.424. The van der Waals surface area contributed by atoms with E-state index in [1.807, 2.05) is 36.4 Å². The quantitative estimate of drug-likeness (QED) is 0.488. The number of rotatable bonds is 6. The Bertz CT molecular complexity index is 562. The van der Waals surface area contributed by atoms with Gasteiger partial charge < -0.3 is 5.32 Å². The molecule has 0 amide bonds. The zero-order valence-corrected chi connectivity index (χ0v) is 10.4. The lowest BCUT2D eigenvalue weighted by atomic mass is 10.2. The van der Waals surface area contributed by atoms with Gasteiger partial charge in [0.15, 0.2) is 0 Å². The van der Waals surface area contributed by atoms with Crippen molar-refractivity contribution in [1.82, 2.24) is 9.97 Å². The summed E-state index contributed by atoms with van der Waals surface area (Å²) in [7, 11) is 0. The van der Waals surface area contributed by atoms with Crippen molar-refractivity contribution in [2.75, 3.05) is 11.9 Å². The van der Waals surface area contributed by atoms with Crippen molar-refractivity contribution >= 4 is 5.82 Å². The molecule has 19 heavy (non-hydrogen) atoms. The van der Waals surface area contributed by atoms with Crippen LogP contribution in [0.2, 0.25) is 0 Å². The predicted octanol–water partition coefficient (Wildman–Crippen LogP) is 2.94. The molecule has 0 aliphatic heterocycles. The molecule has 0 aliphatic rings. The van der Waals surface area contributed by atoms with E-state index in [1.54, 1.807) is 6.20 Å². The third-order valence-corrected chi connectivity index (χ3v) is 2.51. The van der Waals surface area contributed by atoms with Gasteiger partial charge in [-0.3, -0.25) is 4.98 Å². The van der Waals surface area contributed by atoms with E-state index in [-0.39, 0.29) is 0 Å². The van der Waals surface area contributed by atoms with Crippen molar-refractivity contribution in [2.24, 2.45) is 5.11 Å². The lowest BCUT2D eigenvalue weighted by molar-refractivity contribution is 0.910. The van der Waals surface area contributed by atoms with Gasteiger partial charge in [0, 0.05) is 23.3 Å². The first-order chi connectivity index (χ1) is 9.38. The maximum atomic E-state index is 8.23. The Morgan fingerprint density at radius 3 is 2.84 bits per heavy atom. The van der Waals surface area contributed by atoms with Crippen LogP contribution in [0.4, 0.5) is 5.82 Å². The molecule has 2 aromatic heterocycles. The van der Waals surface area contributed by atoms with Crippen LogP contribution in [0.3, 0.4) is 0 Å². The number of aromatic nitrogens is 2. The van der Waals surface area contributed by atoms with Gasteiger partial charge in [-0.05, 0) is 36.2 Å². The van der Waals surface area contributed by atoms with Gasteiger partial charge >= 0.3 is 0 Å². The zero-order valence-electron chi connectivity index (χ0n) is 10.4. The minimum absolute atomic E-state index is 0.424. The normalized spacial score (nSPS) is 9.68. The number of azide groups is 1. The standard InChI is InChI=1S/C13H14N6/c14-19-17-9-7-11-5-3-6-13(18-11)16-10-12-4-1-2-8-15-12/h1-6,8H,7,9-10H2,(H,16,18). The molecule has 0 atom stereocenters. The minimum Gasteiger partial charge on any atom is -0.364 e. The van der Waals surface area contributed by atoms with E-state index in [4.69, 9.17) is 5.53 Å². The van der Waals surface area contributed by atoms with E-state index >= 15 is 0 Å². The van der Waals surface area contributed by atoms with Gasteiger partial charge in [0.2, 0.25) is 0 Å². The van der Waals surface area contributed by atoms with Crippen molar-refractivity contribution in [3.8, 4) is 0 Å². The van der Waals surface area contributed by atoms with Gasteiger partial charge in [0.1, 0.15) is 5.82 Å². The van der Waals surface area contributed by atoms with Gasteiger partial charge in [-0.15, -0.1) is 0 Å². The number of nitrogens with zero attached hydrogens (tertiary/aromatic N) is 5. The lowest BCUT2D eigenvalue weighted by Gasteiger charge is -2.06. The van der Waals surface area contributed by atoms with Crippen molar-refractivity contribution in [3.63, 3.8) is 0 Å². The third-order valence-electron chi connectivity index (χ3n) is 2.51. The van der Waals surface area contributed by atoms with Crippen LogP contribution in [0.15, 0.2) is 47.7 Å². The molecule has 0 saturated heterocycles. The van der Waals surface area contributed by atoms with Crippen LogP contribution >= 0.6 is 0 Å². The number of hydrogen-bond donors (Lipinski definition) is 1. The fourth-order valence-electron chi connectivity index (χ4n) is 1.61. The molecule has 6 nitrogen and oxygen atoms in total. The average molecular weight is 254 g/mol. The first-order valence-electron chi connectivity index (χ1n) is 5.99. The topological polar surface area (TPSA) is 86.6 Å². The van der Waals surface area contributed by atoms with Crippen molar-refractivity contribution in [1.29, 1.82) is 0 Å². The number of anilines is 1. The molecule has 0 saturated carbocycles. The highest BCUT2D eigenvalue weighted by Gasteiger charge is 1.98. The van der Waals surface area contributed by atoms with E-state index in [1.165, 1.54) is 0 Å². The van der Waals surface area contributed by atoms with E-state index in [0.717, 1.165) is 17.2 Å². The monoisotopic (exact) mass is 254 g/mol. The maximum absolute atomic E-state index is 8.23. The molecule has 0 unspecified atom stereocenters. The Kier molecular flexibility index (Phi) is 4.72. The van der Waals surface area contributed by atoms with Crippen LogP contribution in [0.5, 0.6) is 0 Å². The Labute approximate surface area is 111 Å². The molecule has 0 fully saturated rings. The maximum Gasteiger partial charge on any atom is 0.126 e. The smallest absolute Gasteiger partial charge is 0.126 e. The Hall–Kier alpha value is -2.59. The Morgan fingerprint density at radius 1 is 1.16 bits per heavy atom. The molecule has 2 heterocycles. The fraction of sp³-hybridized carbons (Fsp3) is 0.231. The second kappa shape index (κ2) is 6.98. The molecule has 0 radical (unpaired) electrons. The van der Waals surface area contributed by atoms with Gasteiger partial charge in [0.25, 0.3) is 0 Å². The number of pyridine rings is 2. The Morgan fingerprint density at radius 2 is 2.05 bits per heavy atom. The van der Waals surface area contributed by atoms with Crippen LogP contribution in [0, 0.1) is 0 Å². The average Bonchev–Trinajstić information content (AvgIpc) is 2.47. The summed E-state index contributed by atoms with van der Waals surface area (Å²) < 4.78 is 0. The molecule has 0 bridgehead atoms. The summed E-state index contributed by atoms with van der Waals surface area (Å²) in [5, 5.41) is 6.72. The molecular weight excluding hydrogens is 240 g/mol. The number of nitrogens with one attached hydrogen (secondary N) is 1. The molecule has 1 N–H and O–H groups in total. The summed E-state index contributed by atoms with van der Waals surface area (Å²) in [6, 6.07) is 11.5. The molecule has 0 aliphatic carbocycles. The van der Waals surface area contributed by atoms with Crippen LogP contribution in [-0.4, -0.2) is 16.5 Å². The van der Waals surface area contributed by atoms with E-state index in [9.17, 15) is 0 Å². The highest BCUT2D eigenvalue weighted by molar-refractivity contribution is 5.35. The summed E-state index contributed by atoms with van der Waals surface area (Å²) in [5.41, 5.74) is 10.1. The van der Waals surface area contributed by atoms with E-state index in [2.05, 4.69) is 25.3 Å². The molecule has 6 heteroatoms. The molecule has 0 aromatic carbocycles. The predicted molar refractivity (Wildman–Crippen MR) is 73.5 cm³/mol. The highest BCUT2D eigenvalue weighted by atomic mass is 15.1. The van der Waals surface area contributed by atoms with Crippen molar-refractivity contribution in [3.05, 3.63) is 64.4 Å². The zero-order chi connectivity index (χ0) is 13.3.